The molecule has 5 heteroatoms. The standard InChI is InChI=1S/C12H16ClNO2S/c1-9-7-11(4-5-12(9)13)17(15,16)8-10-3-2-6-14-10/h4-5,7,10,14H,2-3,6,8H2,1H3. The van der Waals surface area contributed by atoms with Crippen LogP contribution >= 0.6 is 11.6 Å². The molecule has 1 unspecified atom stereocenters. The second-order valence-electron chi connectivity index (χ2n) is 4.49. The minimum atomic E-state index is -3.20. The van der Waals surface area contributed by atoms with Gasteiger partial charge in [0.25, 0.3) is 0 Å². The van der Waals surface area contributed by atoms with Gasteiger partial charge in [-0.15, -0.1) is 0 Å². The van der Waals surface area contributed by atoms with Crippen molar-refractivity contribution in [3.63, 3.8) is 0 Å². The van der Waals surface area contributed by atoms with Gasteiger partial charge < -0.3 is 5.32 Å². The van der Waals surface area contributed by atoms with Crippen molar-refractivity contribution in [3.05, 3.63) is 28.8 Å². The molecule has 0 aromatic heterocycles. The van der Waals surface area contributed by atoms with Gasteiger partial charge in [-0.25, -0.2) is 8.42 Å². The lowest BCUT2D eigenvalue weighted by atomic mass is 10.2. The third kappa shape index (κ3) is 3.00. The predicted octanol–water partition coefficient (Wildman–Crippen LogP) is 2.17. The van der Waals surface area contributed by atoms with Gasteiger partial charge in [0.15, 0.2) is 9.84 Å². The molecule has 0 amide bonds. The van der Waals surface area contributed by atoms with E-state index in [1.165, 1.54) is 0 Å². The first kappa shape index (κ1) is 12.9. The molecule has 1 atom stereocenters. The minimum Gasteiger partial charge on any atom is -0.313 e. The van der Waals surface area contributed by atoms with E-state index in [4.69, 9.17) is 11.6 Å². The Morgan fingerprint density at radius 3 is 2.82 bits per heavy atom. The highest BCUT2D eigenvalue weighted by Gasteiger charge is 2.23. The molecule has 3 nitrogen and oxygen atoms in total. The molecule has 1 aromatic rings. The van der Waals surface area contributed by atoms with E-state index in [0.29, 0.717) is 9.92 Å². The molecule has 1 saturated heterocycles. The van der Waals surface area contributed by atoms with Gasteiger partial charge in [-0.3, -0.25) is 0 Å². The Labute approximate surface area is 107 Å². The largest absolute Gasteiger partial charge is 0.313 e. The van der Waals surface area contributed by atoms with Crippen LogP contribution < -0.4 is 5.32 Å². The molecule has 0 saturated carbocycles. The molecule has 1 aliphatic heterocycles. The van der Waals surface area contributed by atoms with Crippen molar-refractivity contribution < 1.29 is 8.42 Å². The van der Waals surface area contributed by atoms with E-state index < -0.39 is 9.84 Å². The van der Waals surface area contributed by atoms with E-state index in [1.807, 2.05) is 6.92 Å². The lowest BCUT2D eigenvalue weighted by Crippen LogP contribution is -2.29. The number of nitrogens with one attached hydrogen (secondary N) is 1. The summed E-state index contributed by atoms with van der Waals surface area (Å²) in [6, 6.07) is 4.97. The van der Waals surface area contributed by atoms with Crippen molar-refractivity contribution in [2.75, 3.05) is 12.3 Å². The first-order valence-corrected chi connectivity index (χ1v) is 7.74. The molecule has 0 aliphatic carbocycles. The average molecular weight is 274 g/mol. The summed E-state index contributed by atoms with van der Waals surface area (Å²) in [6.07, 6.45) is 1.99. The minimum absolute atomic E-state index is 0.0935. The van der Waals surface area contributed by atoms with Gasteiger partial charge in [0.05, 0.1) is 10.6 Å². The summed E-state index contributed by atoms with van der Waals surface area (Å²) < 4.78 is 24.3. The zero-order chi connectivity index (χ0) is 12.5. The lowest BCUT2D eigenvalue weighted by molar-refractivity contribution is 0.577. The second kappa shape index (κ2) is 4.96. The molecule has 1 aliphatic rings. The smallest absolute Gasteiger partial charge is 0.179 e. The van der Waals surface area contributed by atoms with Crippen molar-refractivity contribution in [2.45, 2.75) is 30.7 Å². The third-order valence-corrected chi connectivity index (χ3v) is 5.31. The summed E-state index contributed by atoms with van der Waals surface area (Å²) in [5, 5.41) is 3.80. The first-order valence-electron chi connectivity index (χ1n) is 5.71. The van der Waals surface area contributed by atoms with Gasteiger partial charge in [-0.05, 0) is 50.1 Å². The molecular weight excluding hydrogens is 258 g/mol. The molecular formula is C12H16ClNO2S. The van der Waals surface area contributed by atoms with Crippen LogP contribution in [0, 0.1) is 6.92 Å². The highest BCUT2D eigenvalue weighted by Crippen LogP contribution is 2.21. The SMILES string of the molecule is Cc1cc(S(=O)(=O)CC2CCCN2)ccc1Cl. The van der Waals surface area contributed by atoms with E-state index in [0.717, 1.165) is 24.9 Å². The first-order chi connectivity index (χ1) is 7.99. The molecule has 1 N–H and O–H groups in total. The number of sulfone groups is 1. The fourth-order valence-corrected chi connectivity index (χ4v) is 3.83. The Morgan fingerprint density at radius 1 is 1.47 bits per heavy atom. The van der Waals surface area contributed by atoms with Crippen molar-refractivity contribution in [1.82, 2.24) is 5.32 Å². The van der Waals surface area contributed by atoms with Gasteiger partial charge in [-0.2, -0.15) is 0 Å². The van der Waals surface area contributed by atoms with Crippen LogP contribution in [0.25, 0.3) is 0 Å². The Kier molecular flexibility index (Phi) is 3.76. The topological polar surface area (TPSA) is 46.2 Å². The number of hydrogen-bond acceptors (Lipinski definition) is 3. The van der Waals surface area contributed by atoms with Crippen LogP contribution in [0.3, 0.4) is 0 Å². The van der Waals surface area contributed by atoms with Gasteiger partial charge in [0, 0.05) is 11.1 Å². The Balaban J connectivity index is 2.21. The van der Waals surface area contributed by atoms with Crippen molar-refractivity contribution in [2.24, 2.45) is 0 Å². The zero-order valence-electron chi connectivity index (χ0n) is 9.74. The molecule has 1 heterocycles. The van der Waals surface area contributed by atoms with E-state index in [1.54, 1.807) is 18.2 Å². The molecule has 0 radical (unpaired) electrons. The number of benzene rings is 1. The van der Waals surface area contributed by atoms with Crippen molar-refractivity contribution in [1.29, 1.82) is 0 Å². The zero-order valence-corrected chi connectivity index (χ0v) is 11.3. The van der Waals surface area contributed by atoms with E-state index in [-0.39, 0.29) is 11.8 Å². The molecule has 1 aromatic carbocycles. The average Bonchev–Trinajstić information content (AvgIpc) is 2.73. The maximum absolute atomic E-state index is 12.2. The number of hydrogen-bond donors (Lipinski definition) is 1. The molecule has 1 fully saturated rings. The van der Waals surface area contributed by atoms with Crippen LogP contribution in [0.1, 0.15) is 18.4 Å². The highest BCUT2D eigenvalue weighted by molar-refractivity contribution is 7.91. The fourth-order valence-electron chi connectivity index (χ4n) is 2.07. The third-order valence-electron chi connectivity index (χ3n) is 3.07. The van der Waals surface area contributed by atoms with E-state index in [2.05, 4.69) is 5.32 Å². The Bertz CT molecular complexity index is 507. The predicted molar refractivity (Wildman–Crippen MR) is 69.3 cm³/mol. The van der Waals surface area contributed by atoms with Crippen molar-refractivity contribution >= 4 is 21.4 Å². The van der Waals surface area contributed by atoms with Gasteiger partial charge in [-0.1, -0.05) is 11.6 Å². The summed E-state index contributed by atoms with van der Waals surface area (Å²) >= 11 is 5.89. The summed E-state index contributed by atoms with van der Waals surface area (Å²) in [5.74, 6) is 0.175. The highest BCUT2D eigenvalue weighted by atomic mass is 35.5. The van der Waals surface area contributed by atoms with E-state index in [9.17, 15) is 8.42 Å². The molecule has 0 spiro atoms. The van der Waals surface area contributed by atoms with Crippen LogP contribution in [-0.2, 0) is 9.84 Å². The molecule has 2 rings (SSSR count). The Hall–Kier alpha value is -0.580. The number of halogens is 1. The van der Waals surface area contributed by atoms with Gasteiger partial charge >= 0.3 is 0 Å². The molecule has 0 bridgehead atoms. The van der Waals surface area contributed by atoms with Crippen LogP contribution in [0.15, 0.2) is 23.1 Å². The van der Waals surface area contributed by atoms with Gasteiger partial charge in [0.1, 0.15) is 0 Å². The molecule has 94 valence electrons. The maximum atomic E-state index is 12.2. The number of aryl methyl sites for hydroxylation is 1. The summed E-state index contributed by atoms with van der Waals surface area (Å²) in [4.78, 5) is 0.369. The lowest BCUT2D eigenvalue weighted by Gasteiger charge is -2.11. The summed E-state index contributed by atoms with van der Waals surface area (Å²) in [5.41, 5.74) is 0.798. The van der Waals surface area contributed by atoms with Crippen LogP contribution in [0.4, 0.5) is 0 Å². The quantitative estimate of drug-likeness (QED) is 0.918. The maximum Gasteiger partial charge on any atom is 0.179 e. The fraction of sp³-hybridized carbons (Fsp3) is 0.500. The summed E-state index contributed by atoms with van der Waals surface area (Å²) in [6.45, 7) is 2.73. The normalized spacial score (nSPS) is 20.7. The summed E-state index contributed by atoms with van der Waals surface area (Å²) in [7, 11) is -3.20. The Morgan fingerprint density at radius 2 is 2.24 bits per heavy atom. The van der Waals surface area contributed by atoms with Crippen molar-refractivity contribution in [3.8, 4) is 0 Å². The van der Waals surface area contributed by atoms with Crippen LogP contribution in [0.2, 0.25) is 5.02 Å². The van der Waals surface area contributed by atoms with Crippen LogP contribution in [0.5, 0.6) is 0 Å². The second-order valence-corrected chi connectivity index (χ2v) is 6.93. The monoisotopic (exact) mass is 273 g/mol. The molecule has 17 heavy (non-hydrogen) atoms. The van der Waals surface area contributed by atoms with E-state index >= 15 is 0 Å². The number of rotatable bonds is 3. The van der Waals surface area contributed by atoms with Crippen LogP contribution in [-0.4, -0.2) is 26.8 Å². The van der Waals surface area contributed by atoms with Gasteiger partial charge in [0.2, 0.25) is 0 Å².